The summed E-state index contributed by atoms with van der Waals surface area (Å²) < 4.78 is 15.1. The number of carbonyl (C=O) groups is 1. The normalized spacial score (nSPS) is 12.7. The number of nitrogens with zero attached hydrogens (tertiary/aromatic N) is 1. The SMILES string of the molecule is O=C(Cc1ccc2c(c1)OCO2)c1cnoc1. The molecule has 0 saturated carbocycles. The molecule has 0 unspecified atom stereocenters. The largest absolute Gasteiger partial charge is 0.454 e. The zero-order valence-electron chi connectivity index (χ0n) is 8.88. The molecule has 2 heterocycles. The molecule has 0 fully saturated rings. The van der Waals surface area contributed by atoms with E-state index in [1.54, 1.807) is 6.07 Å². The van der Waals surface area contributed by atoms with Gasteiger partial charge in [-0.1, -0.05) is 11.2 Å². The number of benzene rings is 1. The minimum atomic E-state index is -0.0369. The van der Waals surface area contributed by atoms with Gasteiger partial charge in [-0.25, -0.2) is 0 Å². The maximum Gasteiger partial charge on any atom is 0.231 e. The Balaban J connectivity index is 1.80. The molecule has 0 amide bonds. The highest BCUT2D eigenvalue weighted by Gasteiger charge is 2.15. The Labute approximate surface area is 96.9 Å². The number of carbonyl (C=O) groups excluding carboxylic acids is 1. The maximum absolute atomic E-state index is 11.8. The van der Waals surface area contributed by atoms with Gasteiger partial charge >= 0.3 is 0 Å². The molecule has 17 heavy (non-hydrogen) atoms. The summed E-state index contributed by atoms with van der Waals surface area (Å²) >= 11 is 0. The van der Waals surface area contributed by atoms with Gasteiger partial charge in [-0.05, 0) is 17.7 Å². The first kappa shape index (κ1) is 9.89. The van der Waals surface area contributed by atoms with Crippen molar-refractivity contribution in [3.05, 3.63) is 41.8 Å². The van der Waals surface area contributed by atoms with Crippen LogP contribution in [0.25, 0.3) is 0 Å². The van der Waals surface area contributed by atoms with Crippen molar-refractivity contribution in [2.45, 2.75) is 6.42 Å². The number of aromatic nitrogens is 1. The Morgan fingerprint density at radius 2 is 2.18 bits per heavy atom. The molecule has 1 aliphatic rings. The van der Waals surface area contributed by atoms with Crippen LogP contribution in [0.5, 0.6) is 11.5 Å². The van der Waals surface area contributed by atoms with Crippen LogP contribution in [0, 0.1) is 0 Å². The average Bonchev–Trinajstić information content (AvgIpc) is 2.99. The highest BCUT2D eigenvalue weighted by Crippen LogP contribution is 2.32. The fraction of sp³-hybridized carbons (Fsp3) is 0.167. The molecule has 86 valence electrons. The van der Waals surface area contributed by atoms with E-state index in [9.17, 15) is 4.79 Å². The second kappa shape index (κ2) is 3.93. The third kappa shape index (κ3) is 1.87. The summed E-state index contributed by atoms with van der Waals surface area (Å²) in [7, 11) is 0. The van der Waals surface area contributed by atoms with Gasteiger partial charge in [0, 0.05) is 6.42 Å². The van der Waals surface area contributed by atoms with Gasteiger partial charge < -0.3 is 14.0 Å². The fourth-order valence-corrected chi connectivity index (χ4v) is 1.68. The Kier molecular flexibility index (Phi) is 2.29. The molecule has 3 rings (SSSR count). The van der Waals surface area contributed by atoms with Crippen LogP contribution >= 0.6 is 0 Å². The van der Waals surface area contributed by atoms with Crippen LogP contribution in [-0.2, 0) is 6.42 Å². The molecule has 0 spiro atoms. The van der Waals surface area contributed by atoms with Gasteiger partial charge in [0.1, 0.15) is 6.26 Å². The van der Waals surface area contributed by atoms with Crippen LogP contribution in [0.1, 0.15) is 15.9 Å². The van der Waals surface area contributed by atoms with Crippen LogP contribution in [-0.4, -0.2) is 17.7 Å². The van der Waals surface area contributed by atoms with E-state index in [1.165, 1.54) is 12.5 Å². The van der Waals surface area contributed by atoms with E-state index < -0.39 is 0 Å². The first-order valence-electron chi connectivity index (χ1n) is 5.14. The van der Waals surface area contributed by atoms with E-state index in [1.807, 2.05) is 12.1 Å². The molecule has 5 nitrogen and oxygen atoms in total. The van der Waals surface area contributed by atoms with Crippen LogP contribution < -0.4 is 9.47 Å². The number of hydrogen-bond donors (Lipinski definition) is 0. The smallest absolute Gasteiger partial charge is 0.231 e. The van der Waals surface area contributed by atoms with Crippen LogP contribution in [0.3, 0.4) is 0 Å². The Morgan fingerprint density at radius 1 is 1.29 bits per heavy atom. The van der Waals surface area contributed by atoms with E-state index in [-0.39, 0.29) is 19.0 Å². The molecule has 0 atom stereocenters. The quantitative estimate of drug-likeness (QED) is 0.754. The molecule has 0 aliphatic carbocycles. The van der Waals surface area contributed by atoms with Crippen molar-refractivity contribution in [2.24, 2.45) is 0 Å². The maximum atomic E-state index is 11.8. The van der Waals surface area contributed by atoms with Crippen molar-refractivity contribution in [2.75, 3.05) is 6.79 Å². The van der Waals surface area contributed by atoms with Gasteiger partial charge in [-0.15, -0.1) is 0 Å². The van der Waals surface area contributed by atoms with E-state index in [0.29, 0.717) is 17.1 Å². The number of fused-ring (bicyclic) bond motifs is 1. The highest BCUT2D eigenvalue weighted by atomic mass is 16.7. The lowest BCUT2D eigenvalue weighted by molar-refractivity contribution is 0.0992. The zero-order valence-corrected chi connectivity index (χ0v) is 8.88. The van der Waals surface area contributed by atoms with E-state index in [4.69, 9.17) is 9.47 Å². The first-order chi connectivity index (χ1) is 8.33. The summed E-state index contributed by atoms with van der Waals surface area (Å²) in [4.78, 5) is 11.8. The predicted octanol–water partition coefficient (Wildman–Crippen LogP) is 1.83. The molecule has 1 aromatic carbocycles. The second-order valence-electron chi connectivity index (χ2n) is 3.70. The van der Waals surface area contributed by atoms with Crippen molar-refractivity contribution < 1.29 is 18.8 Å². The summed E-state index contributed by atoms with van der Waals surface area (Å²) in [6.07, 6.45) is 3.04. The van der Waals surface area contributed by atoms with Crippen molar-refractivity contribution in [3.8, 4) is 11.5 Å². The van der Waals surface area contributed by atoms with Crippen LogP contribution in [0.2, 0.25) is 0 Å². The van der Waals surface area contributed by atoms with Crippen molar-refractivity contribution >= 4 is 5.78 Å². The first-order valence-corrected chi connectivity index (χ1v) is 5.14. The lowest BCUT2D eigenvalue weighted by Gasteiger charge is -2.01. The standard InChI is InChI=1S/C12H9NO4/c14-10(9-5-13-17-6-9)3-8-1-2-11-12(4-8)16-7-15-11/h1-2,4-6H,3,7H2. The lowest BCUT2D eigenvalue weighted by Crippen LogP contribution is -2.01. The summed E-state index contributed by atoms with van der Waals surface area (Å²) in [5.41, 5.74) is 1.35. The number of ether oxygens (including phenoxy) is 2. The van der Waals surface area contributed by atoms with Gasteiger partial charge in [0.25, 0.3) is 0 Å². The topological polar surface area (TPSA) is 61.6 Å². The Bertz CT molecular complexity index is 548. The number of rotatable bonds is 3. The molecule has 0 N–H and O–H groups in total. The van der Waals surface area contributed by atoms with Gasteiger partial charge in [0.2, 0.25) is 6.79 Å². The van der Waals surface area contributed by atoms with E-state index >= 15 is 0 Å². The van der Waals surface area contributed by atoms with Gasteiger partial charge in [-0.2, -0.15) is 0 Å². The molecule has 1 aromatic heterocycles. The molecule has 1 aliphatic heterocycles. The summed E-state index contributed by atoms with van der Waals surface area (Å²) in [6, 6.07) is 5.46. The molecular formula is C12H9NO4. The van der Waals surface area contributed by atoms with Crippen LogP contribution in [0.15, 0.2) is 35.2 Å². The van der Waals surface area contributed by atoms with E-state index in [0.717, 1.165) is 5.56 Å². The molecule has 0 saturated heterocycles. The van der Waals surface area contributed by atoms with Gasteiger partial charge in [0.15, 0.2) is 17.3 Å². The molecule has 0 bridgehead atoms. The van der Waals surface area contributed by atoms with Crippen molar-refractivity contribution in [1.82, 2.24) is 5.16 Å². The summed E-state index contributed by atoms with van der Waals surface area (Å²) in [6.45, 7) is 0.235. The fourth-order valence-electron chi connectivity index (χ4n) is 1.68. The predicted molar refractivity (Wildman–Crippen MR) is 57.1 cm³/mol. The van der Waals surface area contributed by atoms with E-state index in [2.05, 4.69) is 9.68 Å². The summed E-state index contributed by atoms with van der Waals surface area (Å²) in [5.74, 6) is 1.36. The number of ketones is 1. The third-order valence-electron chi connectivity index (χ3n) is 2.56. The summed E-state index contributed by atoms with van der Waals surface area (Å²) in [5, 5.41) is 3.50. The minimum absolute atomic E-state index is 0.0369. The van der Waals surface area contributed by atoms with Gasteiger partial charge in [-0.3, -0.25) is 4.79 Å². The van der Waals surface area contributed by atoms with Crippen LogP contribution in [0.4, 0.5) is 0 Å². The minimum Gasteiger partial charge on any atom is -0.454 e. The molecular weight excluding hydrogens is 222 g/mol. The molecule has 0 radical (unpaired) electrons. The lowest BCUT2D eigenvalue weighted by atomic mass is 10.1. The second-order valence-corrected chi connectivity index (χ2v) is 3.70. The monoisotopic (exact) mass is 231 g/mol. The Morgan fingerprint density at radius 3 is 3.00 bits per heavy atom. The molecule has 2 aromatic rings. The van der Waals surface area contributed by atoms with Crippen molar-refractivity contribution in [3.63, 3.8) is 0 Å². The number of hydrogen-bond acceptors (Lipinski definition) is 5. The number of Topliss-reactive ketones (excluding diaryl/α,β-unsaturated/α-hetero) is 1. The highest BCUT2D eigenvalue weighted by molar-refractivity contribution is 5.96. The molecule has 5 heteroatoms. The van der Waals surface area contributed by atoms with Crippen molar-refractivity contribution in [1.29, 1.82) is 0 Å². The van der Waals surface area contributed by atoms with Gasteiger partial charge in [0.05, 0.1) is 11.8 Å². The third-order valence-corrected chi connectivity index (χ3v) is 2.56. The Hall–Kier alpha value is -2.30. The zero-order chi connectivity index (χ0) is 11.7. The average molecular weight is 231 g/mol.